The Hall–Kier alpha value is -0.0800. The van der Waals surface area contributed by atoms with Crippen LogP contribution >= 0.6 is 0 Å². The molecule has 1 aliphatic carbocycles. The first kappa shape index (κ1) is 7.03. The van der Waals surface area contributed by atoms with Gasteiger partial charge in [0.2, 0.25) is 0 Å². The summed E-state index contributed by atoms with van der Waals surface area (Å²) in [5.74, 6) is 0. The zero-order valence-corrected chi connectivity index (χ0v) is 5.77. The molecule has 9 heavy (non-hydrogen) atoms. The molecule has 0 amide bonds. The van der Waals surface area contributed by atoms with Crippen molar-refractivity contribution in [1.29, 1.82) is 0 Å². The lowest BCUT2D eigenvalue weighted by atomic mass is 10.0. The quantitative estimate of drug-likeness (QED) is 0.580. The lowest BCUT2D eigenvalue weighted by molar-refractivity contribution is 0.268. The summed E-state index contributed by atoms with van der Waals surface area (Å²) in [5.41, 5.74) is 5.99. The largest absolute Gasteiger partial charge is 0.396 e. The lowest BCUT2D eigenvalue weighted by Crippen LogP contribution is -2.15. The Balaban J connectivity index is 2.10. The van der Waals surface area contributed by atoms with Gasteiger partial charge in [0.15, 0.2) is 0 Å². The normalized spacial score (nSPS) is 22.0. The summed E-state index contributed by atoms with van der Waals surface area (Å²) in [6, 6.07) is 0. The first-order valence-electron chi connectivity index (χ1n) is 3.64. The molecule has 2 heteroatoms. The maximum atomic E-state index is 8.51. The average Bonchev–Trinajstić information content (AvgIpc) is 2.65. The van der Waals surface area contributed by atoms with E-state index in [0.29, 0.717) is 12.0 Å². The van der Waals surface area contributed by atoms with E-state index in [0.717, 1.165) is 19.4 Å². The minimum absolute atomic E-state index is 0.321. The molecule has 0 atom stereocenters. The van der Waals surface area contributed by atoms with E-state index in [1.807, 2.05) is 0 Å². The van der Waals surface area contributed by atoms with Crippen molar-refractivity contribution >= 4 is 0 Å². The van der Waals surface area contributed by atoms with Crippen molar-refractivity contribution in [1.82, 2.24) is 0 Å². The lowest BCUT2D eigenvalue weighted by Gasteiger charge is -2.09. The van der Waals surface area contributed by atoms with Crippen LogP contribution in [-0.2, 0) is 0 Å². The van der Waals surface area contributed by atoms with E-state index in [1.165, 1.54) is 12.8 Å². The van der Waals surface area contributed by atoms with Gasteiger partial charge in [-0.25, -0.2) is 0 Å². The standard InChI is InChI=1S/C7H15NO/c8-6-7(3-4-7)2-1-5-9/h9H,1-6,8H2. The molecule has 0 unspecified atom stereocenters. The van der Waals surface area contributed by atoms with Crippen LogP contribution in [0.3, 0.4) is 0 Å². The second-order valence-corrected chi connectivity index (χ2v) is 3.03. The Bertz CT molecular complexity index is 88.9. The van der Waals surface area contributed by atoms with Gasteiger partial charge in [-0.2, -0.15) is 0 Å². The summed E-state index contributed by atoms with van der Waals surface area (Å²) in [6.07, 6.45) is 4.62. The highest BCUT2D eigenvalue weighted by atomic mass is 16.2. The van der Waals surface area contributed by atoms with Crippen molar-refractivity contribution in [2.24, 2.45) is 11.1 Å². The first-order chi connectivity index (χ1) is 4.33. The second-order valence-electron chi connectivity index (χ2n) is 3.03. The molecule has 0 aliphatic heterocycles. The maximum absolute atomic E-state index is 8.51. The molecule has 0 saturated heterocycles. The van der Waals surface area contributed by atoms with Crippen molar-refractivity contribution in [3.63, 3.8) is 0 Å². The van der Waals surface area contributed by atoms with E-state index in [-0.39, 0.29) is 0 Å². The molecule has 1 aliphatic rings. The van der Waals surface area contributed by atoms with E-state index >= 15 is 0 Å². The molecule has 0 bridgehead atoms. The molecular weight excluding hydrogens is 114 g/mol. The molecule has 3 N–H and O–H groups in total. The Morgan fingerprint density at radius 2 is 2.11 bits per heavy atom. The summed E-state index contributed by atoms with van der Waals surface area (Å²) >= 11 is 0. The maximum Gasteiger partial charge on any atom is 0.0431 e. The third kappa shape index (κ3) is 1.66. The molecule has 1 saturated carbocycles. The average molecular weight is 129 g/mol. The van der Waals surface area contributed by atoms with E-state index < -0.39 is 0 Å². The topological polar surface area (TPSA) is 46.2 Å². The van der Waals surface area contributed by atoms with Crippen molar-refractivity contribution in [3.8, 4) is 0 Å². The summed E-state index contributed by atoms with van der Waals surface area (Å²) in [6.45, 7) is 1.13. The van der Waals surface area contributed by atoms with Gasteiger partial charge in [0.05, 0.1) is 0 Å². The summed E-state index contributed by atoms with van der Waals surface area (Å²) < 4.78 is 0. The Labute approximate surface area is 56.1 Å². The van der Waals surface area contributed by atoms with Crippen LogP contribution in [0.1, 0.15) is 25.7 Å². The Kier molecular flexibility index (Phi) is 2.09. The van der Waals surface area contributed by atoms with Crippen LogP contribution < -0.4 is 5.73 Å². The fourth-order valence-electron chi connectivity index (χ4n) is 1.19. The molecule has 0 aromatic carbocycles. The van der Waals surface area contributed by atoms with Gasteiger partial charge in [0.1, 0.15) is 0 Å². The number of hydrogen-bond donors (Lipinski definition) is 2. The van der Waals surface area contributed by atoms with Crippen molar-refractivity contribution in [2.45, 2.75) is 25.7 Å². The number of hydrogen-bond acceptors (Lipinski definition) is 2. The van der Waals surface area contributed by atoms with Gasteiger partial charge in [0.25, 0.3) is 0 Å². The summed E-state index contributed by atoms with van der Waals surface area (Å²) in [5, 5.41) is 8.51. The minimum Gasteiger partial charge on any atom is -0.396 e. The van der Waals surface area contributed by atoms with Gasteiger partial charge < -0.3 is 10.8 Å². The van der Waals surface area contributed by atoms with Crippen molar-refractivity contribution < 1.29 is 5.11 Å². The monoisotopic (exact) mass is 129 g/mol. The molecule has 1 fully saturated rings. The molecule has 0 radical (unpaired) electrons. The van der Waals surface area contributed by atoms with Crippen LogP contribution in [0.2, 0.25) is 0 Å². The molecule has 0 heterocycles. The third-order valence-electron chi connectivity index (χ3n) is 2.26. The van der Waals surface area contributed by atoms with E-state index in [4.69, 9.17) is 10.8 Å². The van der Waals surface area contributed by atoms with Gasteiger partial charge in [-0.3, -0.25) is 0 Å². The van der Waals surface area contributed by atoms with E-state index in [1.54, 1.807) is 0 Å². The molecule has 2 nitrogen and oxygen atoms in total. The zero-order chi connectivity index (χ0) is 6.74. The minimum atomic E-state index is 0.321. The van der Waals surface area contributed by atoms with Gasteiger partial charge in [-0.05, 0) is 37.6 Å². The Morgan fingerprint density at radius 3 is 2.44 bits per heavy atom. The molecule has 0 spiro atoms. The third-order valence-corrected chi connectivity index (χ3v) is 2.26. The molecule has 0 aromatic rings. The van der Waals surface area contributed by atoms with E-state index in [2.05, 4.69) is 0 Å². The number of aliphatic hydroxyl groups is 1. The molecular formula is C7H15NO. The highest BCUT2D eigenvalue weighted by molar-refractivity contribution is 4.93. The highest BCUT2D eigenvalue weighted by Gasteiger charge is 2.39. The predicted octanol–water partition coefficient (Wildman–Crippen LogP) is 0.498. The fourth-order valence-corrected chi connectivity index (χ4v) is 1.19. The van der Waals surface area contributed by atoms with Crippen LogP contribution in [0.5, 0.6) is 0 Å². The second kappa shape index (κ2) is 2.67. The number of aliphatic hydroxyl groups excluding tert-OH is 1. The van der Waals surface area contributed by atoms with Gasteiger partial charge in [0, 0.05) is 6.61 Å². The van der Waals surface area contributed by atoms with Crippen LogP contribution in [0, 0.1) is 5.41 Å². The number of nitrogens with two attached hydrogens (primary N) is 1. The molecule has 54 valence electrons. The fraction of sp³-hybridized carbons (Fsp3) is 1.00. The summed E-state index contributed by atoms with van der Waals surface area (Å²) in [7, 11) is 0. The van der Waals surface area contributed by atoms with Gasteiger partial charge in [-0.1, -0.05) is 0 Å². The van der Waals surface area contributed by atoms with E-state index in [9.17, 15) is 0 Å². The van der Waals surface area contributed by atoms with Gasteiger partial charge >= 0.3 is 0 Å². The molecule has 1 rings (SSSR count). The van der Waals surface area contributed by atoms with Crippen LogP contribution in [-0.4, -0.2) is 18.3 Å². The van der Waals surface area contributed by atoms with Crippen LogP contribution in [0.25, 0.3) is 0 Å². The first-order valence-corrected chi connectivity index (χ1v) is 3.64. The van der Waals surface area contributed by atoms with Crippen LogP contribution in [0.15, 0.2) is 0 Å². The smallest absolute Gasteiger partial charge is 0.0431 e. The highest BCUT2D eigenvalue weighted by Crippen LogP contribution is 2.48. The van der Waals surface area contributed by atoms with Crippen molar-refractivity contribution in [2.75, 3.05) is 13.2 Å². The van der Waals surface area contributed by atoms with Crippen LogP contribution in [0.4, 0.5) is 0 Å². The Morgan fingerprint density at radius 1 is 1.44 bits per heavy atom. The number of rotatable bonds is 4. The van der Waals surface area contributed by atoms with Crippen molar-refractivity contribution in [3.05, 3.63) is 0 Å². The SMILES string of the molecule is NCC1(CCCO)CC1. The zero-order valence-electron chi connectivity index (χ0n) is 5.77. The molecule has 0 aromatic heterocycles. The summed E-state index contributed by atoms with van der Waals surface area (Å²) in [4.78, 5) is 0. The predicted molar refractivity (Wildman–Crippen MR) is 37.0 cm³/mol. The van der Waals surface area contributed by atoms with Gasteiger partial charge in [-0.15, -0.1) is 0 Å².